The number of imidazole rings is 1. The van der Waals surface area contributed by atoms with E-state index in [2.05, 4.69) is 44.2 Å². The average molecular weight is 333 g/mol. The predicted molar refractivity (Wildman–Crippen MR) is 95.5 cm³/mol. The van der Waals surface area contributed by atoms with Crippen LogP contribution in [0.5, 0.6) is 0 Å². The summed E-state index contributed by atoms with van der Waals surface area (Å²) in [6.07, 6.45) is 5.15. The van der Waals surface area contributed by atoms with Crippen LogP contribution in [0.25, 0.3) is 22.6 Å². The highest BCUT2D eigenvalue weighted by Gasteiger charge is 2.15. The second kappa shape index (κ2) is 6.41. The van der Waals surface area contributed by atoms with Crippen molar-refractivity contribution in [2.75, 3.05) is 0 Å². The van der Waals surface area contributed by atoms with Gasteiger partial charge in [-0.15, -0.1) is 0 Å². The van der Waals surface area contributed by atoms with Crippen LogP contribution in [0, 0.1) is 0 Å². The molecular formula is C18H15N5S. The van der Waals surface area contributed by atoms with Crippen molar-refractivity contribution in [1.82, 2.24) is 24.5 Å². The molecule has 0 atom stereocenters. The van der Waals surface area contributed by atoms with Crippen molar-refractivity contribution < 1.29 is 0 Å². The Bertz CT molecular complexity index is 967. The van der Waals surface area contributed by atoms with E-state index in [0.29, 0.717) is 5.65 Å². The first-order valence-corrected chi connectivity index (χ1v) is 8.56. The van der Waals surface area contributed by atoms with Gasteiger partial charge < -0.3 is 4.57 Å². The molecule has 0 N–H and O–H groups in total. The van der Waals surface area contributed by atoms with E-state index in [4.69, 9.17) is 0 Å². The molecule has 0 spiro atoms. The number of benzene rings is 1. The Hall–Kier alpha value is -2.73. The molecular weight excluding hydrogens is 318 g/mol. The molecule has 4 rings (SSSR count). The van der Waals surface area contributed by atoms with E-state index in [0.717, 1.165) is 27.7 Å². The van der Waals surface area contributed by atoms with Crippen molar-refractivity contribution in [3.63, 3.8) is 0 Å². The molecule has 0 amide bonds. The number of thioether (sulfide) groups is 1. The summed E-state index contributed by atoms with van der Waals surface area (Å²) in [4.78, 5) is 17.6. The molecule has 3 heterocycles. The fraction of sp³-hybridized carbons (Fsp3) is 0.111. The van der Waals surface area contributed by atoms with E-state index in [1.807, 2.05) is 36.0 Å². The lowest BCUT2D eigenvalue weighted by Gasteiger charge is -2.05. The maximum Gasteiger partial charge on any atom is 0.182 e. The van der Waals surface area contributed by atoms with Gasteiger partial charge in [0, 0.05) is 30.8 Å². The van der Waals surface area contributed by atoms with Gasteiger partial charge in [-0.3, -0.25) is 4.98 Å². The molecule has 0 saturated carbocycles. The summed E-state index contributed by atoms with van der Waals surface area (Å²) in [5.74, 6) is 1.71. The molecule has 1 aromatic carbocycles. The maximum atomic E-state index is 4.66. The minimum Gasteiger partial charge on any atom is -0.323 e. The summed E-state index contributed by atoms with van der Waals surface area (Å²) in [5.41, 5.74) is 3.90. The molecule has 0 aliphatic heterocycles. The standard InChI is InChI=1S/C18H15N5S/c1-23-15-16(22-17(23)14-8-5-9-19-10-14)20-12-21-18(15)24-11-13-6-3-2-4-7-13/h2-10,12H,11H2,1H3. The molecule has 0 bridgehead atoms. The van der Waals surface area contributed by atoms with Gasteiger partial charge in [0.25, 0.3) is 0 Å². The van der Waals surface area contributed by atoms with Gasteiger partial charge in [-0.1, -0.05) is 42.1 Å². The molecule has 0 aliphatic rings. The second-order valence-electron chi connectivity index (χ2n) is 5.36. The summed E-state index contributed by atoms with van der Waals surface area (Å²) < 4.78 is 2.04. The number of hydrogen-bond donors (Lipinski definition) is 0. The van der Waals surface area contributed by atoms with Crippen molar-refractivity contribution in [3.05, 3.63) is 66.7 Å². The number of hydrogen-bond acceptors (Lipinski definition) is 5. The predicted octanol–water partition coefficient (Wildman–Crippen LogP) is 3.72. The highest BCUT2D eigenvalue weighted by atomic mass is 32.2. The van der Waals surface area contributed by atoms with Crippen LogP contribution in [0.15, 0.2) is 66.2 Å². The largest absolute Gasteiger partial charge is 0.323 e. The van der Waals surface area contributed by atoms with E-state index in [1.54, 1.807) is 24.3 Å². The van der Waals surface area contributed by atoms with E-state index in [-0.39, 0.29) is 0 Å². The normalized spacial score (nSPS) is 11.0. The third-order valence-electron chi connectivity index (χ3n) is 3.77. The molecule has 3 aromatic heterocycles. The van der Waals surface area contributed by atoms with Gasteiger partial charge in [0.2, 0.25) is 0 Å². The topological polar surface area (TPSA) is 56.5 Å². The second-order valence-corrected chi connectivity index (χ2v) is 6.33. The first-order valence-electron chi connectivity index (χ1n) is 7.57. The van der Waals surface area contributed by atoms with Crippen LogP contribution < -0.4 is 0 Å². The van der Waals surface area contributed by atoms with E-state index >= 15 is 0 Å². The lowest BCUT2D eigenvalue weighted by atomic mass is 10.2. The van der Waals surface area contributed by atoms with Crippen molar-refractivity contribution >= 4 is 22.9 Å². The summed E-state index contributed by atoms with van der Waals surface area (Å²) in [6.45, 7) is 0. The number of aryl methyl sites for hydroxylation is 1. The smallest absolute Gasteiger partial charge is 0.182 e. The number of rotatable bonds is 4. The number of aromatic nitrogens is 5. The molecule has 118 valence electrons. The number of nitrogens with zero attached hydrogens (tertiary/aromatic N) is 5. The van der Waals surface area contributed by atoms with Gasteiger partial charge >= 0.3 is 0 Å². The molecule has 4 aromatic rings. The molecule has 24 heavy (non-hydrogen) atoms. The highest BCUT2D eigenvalue weighted by Crippen LogP contribution is 2.30. The number of fused-ring (bicyclic) bond motifs is 1. The monoisotopic (exact) mass is 333 g/mol. The van der Waals surface area contributed by atoms with Crippen LogP contribution in [-0.2, 0) is 12.8 Å². The third-order valence-corrected chi connectivity index (χ3v) is 4.82. The average Bonchev–Trinajstić information content (AvgIpc) is 2.99. The molecule has 5 nitrogen and oxygen atoms in total. The van der Waals surface area contributed by atoms with Crippen LogP contribution in [0.2, 0.25) is 0 Å². The molecule has 0 aliphatic carbocycles. The lowest BCUT2D eigenvalue weighted by Crippen LogP contribution is -1.95. The van der Waals surface area contributed by atoms with Gasteiger partial charge in [0.1, 0.15) is 22.7 Å². The quantitative estimate of drug-likeness (QED) is 0.421. The zero-order chi connectivity index (χ0) is 16.4. The van der Waals surface area contributed by atoms with Crippen molar-refractivity contribution in [1.29, 1.82) is 0 Å². The van der Waals surface area contributed by atoms with Crippen molar-refractivity contribution in [2.45, 2.75) is 10.8 Å². The molecule has 6 heteroatoms. The summed E-state index contributed by atoms with van der Waals surface area (Å²) in [6, 6.07) is 14.3. The fourth-order valence-electron chi connectivity index (χ4n) is 2.60. The van der Waals surface area contributed by atoms with Gasteiger partial charge in [-0.2, -0.15) is 0 Å². The minimum absolute atomic E-state index is 0.710. The molecule has 0 radical (unpaired) electrons. The van der Waals surface area contributed by atoms with Crippen molar-refractivity contribution in [3.8, 4) is 11.4 Å². The number of pyridine rings is 1. The Labute approximate surface area is 143 Å². The van der Waals surface area contributed by atoms with E-state index in [9.17, 15) is 0 Å². The third kappa shape index (κ3) is 2.76. The van der Waals surface area contributed by atoms with Gasteiger partial charge in [0.05, 0.1) is 0 Å². The highest BCUT2D eigenvalue weighted by molar-refractivity contribution is 7.98. The van der Waals surface area contributed by atoms with Crippen LogP contribution >= 0.6 is 11.8 Å². The Morgan fingerprint density at radius 1 is 1.04 bits per heavy atom. The van der Waals surface area contributed by atoms with Crippen molar-refractivity contribution in [2.24, 2.45) is 7.05 Å². The molecule has 0 saturated heterocycles. The van der Waals surface area contributed by atoms with Gasteiger partial charge in [-0.05, 0) is 17.7 Å². The Kier molecular flexibility index (Phi) is 3.96. The lowest BCUT2D eigenvalue weighted by molar-refractivity contribution is 0.933. The Morgan fingerprint density at radius 3 is 2.71 bits per heavy atom. The zero-order valence-electron chi connectivity index (χ0n) is 13.1. The zero-order valence-corrected chi connectivity index (χ0v) is 13.9. The van der Waals surface area contributed by atoms with Crippen LogP contribution in [0.1, 0.15) is 5.56 Å². The van der Waals surface area contributed by atoms with Crippen LogP contribution in [-0.4, -0.2) is 24.5 Å². The van der Waals surface area contributed by atoms with E-state index in [1.165, 1.54) is 5.56 Å². The molecule has 0 unspecified atom stereocenters. The minimum atomic E-state index is 0.710. The van der Waals surface area contributed by atoms with Gasteiger partial charge in [-0.25, -0.2) is 15.0 Å². The summed E-state index contributed by atoms with van der Waals surface area (Å²) >= 11 is 1.70. The first kappa shape index (κ1) is 14.8. The first-order chi connectivity index (χ1) is 11.8. The summed E-state index contributed by atoms with van der Waals surface area (Å²) in [7, 11) is 1.99. The summed E-state index contributed by atoms with van der Waals surface area (Å²) in [5, 5.41) is 0.939. The van der Waals surface area contributed by atoms with Crippen LogP contribution in [0.3, 0.4) is 0 Å². The Morgan fingerprint density at radius 2 is 1.92 bits per heavy atom. The van der Waals surface area contributed by atoms with Crippen LogP contribution in [0.4, 0.5) is 0 Å². The van der Waals surface area contributed by atoms with Gasteiger partial charge in [0.15, 0.2) is 5.65 Å². The maximum absolute atomic E-state index is 4.66. The molecule has 0 fully saturated rings. The van der Waals surface area contributed by atoms with E-state index < -0.39 is 0 Å². The fourth-order valence-corrected chi connectivity index (χ4v) is 3.58. The SMILES string of the molecule is Cn1c(-c2cccnc2)nc2ncnc(SCc3ccccc3)c21. The Balaban J connectivity index is 1.73.